The van der Waals surface area contributed by atoms with Gasteiger partial charge >= 0.3 is 0 Å². The number of carbonyl (C=O) groups excluding carboxylic acids is 1. The zero-order chi connectivity index (χ0) is 20.1. The number of hydrazone groups is 1. The zero-order valence-corrected chi connectivity index (χ0v) is 17.1. The van der Waals surface area contributed by atoms with Gasteiger partial charge in [-0.15, -0.1) is 0 Å². The summed E-state index contributed by atoms with van der Waals surface area (Å²) in [4.78, 5) is 25.8. The number of alkyl halides is 1. The standard InChI is InChI=1S/C19H26ClN7O/c1-11-12(2)24-18(27-17(11)21-8-7-14-9-22-23-10-14)19(28)25-13(3)15-5-4-6-16(20)26-15/h4-5,9,13-14,16,23H,6-8,10H2,1-3H3,(H,25,28)(H,21,24,27). The highest BCUT2D eigenvalue weighted by atomic mass is 35.5. The highest BCUT2D eigenvalue weighted by Gasteiger charge is 2.20. The number of nitrogens with zero attached hydrogens (tertiary/aromatic N) is 4. The van der Waals surface area contributed by atoms with Gasteiger partial charge in [-0.05, 0) is 33.3 Å². The number of halogens is 1. The number of carbonyl (C=O) groups is 1. The summed E-state index contributed by atoms with van der Waals surface area (Å²) in [5.41, 5.74) is 5.12. The van der Waals surface area contributed by atoms with Crippen molar-refractivity contribution >= 4 is 35.3 Å². The molecule has 0 spiro atoms. The minimum Gasteiger partial charge on any atom is -0.370 e. The molecule has 150 valence electrons. The third kappa shape index (κ3) is 5.07. The van der Waals surface area contributed by atoms with Crippen molar-refractivity contribution in [2.75, 3.05) is 18.4 Å². The van der Waals surface area contributed by atoms with Gasteiger partial charge in [0.05, 0.1) is 11.8 Å². The third-order valence-electron chi connectivity index (χ3n) is 4.83. The number of aliphatic imine (C=N–C) groups is 1. The second kappa shape index (κ2) is 9.14. The van der Waals surface area contributed by atoms with Crippen LogP contribution in [-0.2, 0) is 0 Å². The summed E-state index contributed by atoms with van der Waals surface area (Å²) in [6.07, 6.45) is 7.40. The Kier molecular flexibility index (Phi) is 6.61. The van der Waals surface area contributed by atoms with Crippen molar-refractivity contribution in [3.8, 4) is 0 Å². The highest BCUT2D eigenvalue weighted by molar-refractivity contribution is 6.22. The quantitative estimate of drug-likeness (QED) is 0.478. The SMILES string of the molecule is Cc1nc(C(=O)NC(C)C2=NC(Cl)CC=C2)nc(NCCC2C=NNC2)c1C. The van der Waals surface area contributed by atoms with Crippen molar-refractivity contribution in [1.82, 2.24) is 20.7 Å². The highest BCUT2D eigenvalue weighted by Crippen LogP contribution is 2.16. The monoisotopic (exact) mass is 403 g/mol. The van der Waals surface area contributed by atoms with Crippen LogP contribution in [0.4, 0.5) is 5.82 Å². The van der Waals surface area contributed by atoms with Crippen LogP contribution < -0.4 is 16.1 Å². The van der Waals surface area contributed by atoms with Crippen molar-refractivity contribution in [2.45, 2.75) is 45.2 Å². The topological polar surface area (TPSA) is 104 Å². The number of aromatic nitrogens is 2. The van der Waals surface area contributed by atoms with Gasteiger partial charge in [-0.3, -0.25) is 9.79 Å². The summed E-state index contributed by atoms with van der Waals surface area (Å²) in [6, 6.07) is -0.277. The number of amides is 1. The van der Waals surface area contributed by atoms with Gasteiger partial charge in [0.25, 0.3) is 5.91 Å². The lowest BCUT2D eigenvalue weighted by molar-refractivity contribution is 0.0938. The Hall–Kier alpha value is -2.48. The van der Waals surface area contributed by atoms with E-state index in [1.54, 1.807) is 0 Å². The fourth-order valence-corrected chi connectivity index (χ4v) is 3.20. The third-order valence-corrected chi connectivity index (χ3v) is 5.11. The van der Waals surface area contributed by atoms with Gasteiger partial charge in [-0.1, -0.05) is 17.7 Å². The van der Waals surface area contributed by atoms with E-state index in [1.807, 2.05) is 39.1 Å². The molecule has 0 radical (unpaired) electrons. The Bertz CT molecular complexity index is 821. The van der Waals surface area contributed by atoms with Crippen LogP contribution in [0.3, 0.4) is 0 Å². The van der Waals surface area contributed by atoms with E-state index in [9.17, 15) is 4.79 Å². The maximum absolute atomic E-state index is 12.7. The molecule has 1 aromatic heterocycles. The predicted molar refractivity (Wildman–Crippen MR) is 112 cm³/mol. The number of rotatable bonds is 7. The van der Waals surface area contributed by atoms with Crippen molar-refractivity contribution in [1.29, 1.82) is 0 Å². The summed E-state index contributed by atoms with van der Waals surface area (Å²) in [7, 11) is 0. The molecule has 3 atom stereocenters. The maximum Gasteiger partial charge on any atom is 0.289 e. The molecule has 0 saturated heterocycles. The Morgan fingerprint density at radius 2 is 2.21 bits per heavy atom. The molecule has 1 amide bonds. The average Bonchev–Trinajstić information content (AvgIpc) is 3.18. The molecule has 9 heteroatoms. The largest absolute Gasteiger partial charge is 0.370 e. The van der Waals surface area contributed by atoms with Crippen LogP contribution in [0.25, 0.3) is 0 Å². The Morgan fingerprint density at radius 1 is 1.39 bits per heavy atom. The first kappa shape index (κ1) is 20.3. The summed E-state index contributed by atoms with van der Waals surface area (Å²) in [6.45, 7) is 7.29. The van der Waals surface area contributed by atoms with Gasteiger partial charge in [0.2, 0.25) is 5.82 Å². The lowest BCUT2D eigenvalue weighted by Crippen LogP contribution is -2.39. The van der Waals surface area contributed by atoms with Crippen LogP contribution in [0.1, 0.15) is 41.6 Å². The van der Waals surface area contributed by atoms with Gasteiger partial charge in [0, 0.05) is 42.9 Å². The van der Waals surface area contributed by atoms with Gasteiger partial charge in [0.15, 0.2) is 0 Å². The van der Waals surface area contributed by atoms with Crippen molar-refractivity contribution < 1.29 is 4.79 Å². The summed E-state index contributed by atoms with van der Waals surface area (Å²) >= 11 is 6.07. The van der Waals surface area contributed by atoms with Gasteiger partial charge in [-0.2, -0.15) is 5.10 Å². The maximum atomic E-state index is 12.7. The molecule has 0 saturated carbocycles. The van der Waals surface area contributed by atoms with Gasteiger partial charge in [-0.25, -0.2) is 9.97 Å². The van der Waals surface area contributed by atoms with Crippen LogP contribution >= 0.6 is 11.6 Å². The average molecular weight is 404 g/mol. The Balaban J connectivity index is 1.65. The summed E-state index contributed by atoms with van der Waals surface area (Å²) in [5, 5.41) is 10.3. The second-order valence-corrected chi connectivity index (χ2v) is 7.55. The first-order chi connectivity index (χ1) is 13.4. The van der Waals surface area contributed by atoms with E-state index in [-0.39, 0.29) is 23.3 Å². The first-order valence-corrected chi connectivity index (χ1v) is 9.92. The number of hydrogen-bond acceptors (Lipinski definition) is 7. The molecule has 0 aromatic carbocycles. The summed E-state index contributed by atoms with van der Waals surface area (Å²) < 4.78 is 0. The first-order valence-electron chi connectivity index (χ1n) is 9.48. The van der Waals surface area contributed by atoms with Gasteiger partial charge < -0.3 is 16.1 Å². The molecular formula is C19H26ClN7O. The lowest BCUT2D eigenvalue weighted by Gasteiger charge is -2.18. The zero-order valence-electron chi connectivity index (χ0n) is 16.4. The van der Waals surface area contributed by atoms with E-state index < -0.39 is 0 Å². The molecule has 0 aliphatic carbocycles. The smallest absolute Gasteiger partial charge is 0.289 e. The molecule has 0 fully saturated rings. The molecule has 2 aliphatic heterocycles. The Labute approximate surface area is 170 Å². The number of hydrogen-bond donors (Lipinski definition) is 3. The number of anilines is 1. The Morgan fingerprint density at radius 3 is 2.93 bits per heavy atom. The molecule has 8 nitrogen and oxygen atoms in total. The number of aryl methyl sites for hydroxylation is 1. The van der Waals surface area contributed by atoms with E-state index in [0.29, 0.717) is 18.2 Å². The van der Waals surface area contributed by atoms with E-state index in [0.717, 1.165) is 36.5 Å². The normalized spacial score (nSPS) is 21.8. The van der Waals surface area contributed by atoms with Crippen molar-refractivity contribution in [3.05, 3.63) is 29.2 Å². The molecule has 3 rings (SSSR count). The van der Waals surface area contributed by atoms with Crippen molar-refractivity contribution in [3.63, 3.8) is 0 Å². The minimum atomic E-state index is -0.335. The van der Waals surface area contributed by atoms with Crippen LogP contribution in [0.15, 0.2) is 22.2 Å². The van der Waals surface area contributed by atoms with E-state index in [4.69, 9.17) is 11.6 Å². The van der Waals surface area contributed by atoms with Crippen molar-refractivity contribution in [2.24, 2.45) is 16.0 Å². The number of nitrogens with one attached hydrogen (secondary N) is 3. The molecule has 28 heavy (non-hydrogen) atoms. The minimum absolute atomic E-state index is 0.143. The van der Waals surface area contributed by atoms with Crippen LogP contribution in [0.2, 0.25) is 0 Å². The van der Waals surface area contributed by atoms with E-state index >= 15 is 0 Å². The van der Waals surface area contributed by atoms with Crippen LogP contribution in [0, 0.1) is 19.8 Å². The molecule has 1 aromatic rings. The van der Waals surface area contributed by atoms with E-state index in [2.05, 4.69) is 36.1 Å². The predicted octanol–water partition coefficient (Wildman–Crippen LogP) is 2.18. The van der Waals surface area contributed by atoms with E-state index in [1.165, 1.54) is 0 Å². The molecule has 0 bridgehead atoms. The van der Waals surface area contributed by atoms with Gasteiger partial charge in [0.1, 0.15) is 11.3 Å². The number of dihydropyridines is 1. The lowest BCUT2D eigenvalue weighted by atomic mass is 10.1. The fourth-order valence-electron chi connectivity index (χ4n) is 2.99. The molecule has 3 N–H and O–H groups in total. The van der Waals surface area contributed by atoms with Crippen LogP contribution in [-0.4, -0.2) is 52.4 Å². The van der Waals surface area contributed by atoms with Crippen LogP contribution in [0.5, 0.6) is 0 Å². The fraction of sp³-hybridized carbons (Fsp3) is 0.526. The molecular weight excluding hydrogens is 378 g/mol. The molecule has 2 aliphatic rings. The molecule has 3 unspecified atom stereocenters. The second-order valence-electron chi connectivity index (χ2n) is 7.04. The summed E-state index contributed by atoms with van der Waals surface area (Å²) in [5.74, 6) is 0.904. The molecule has 3 heterocycles.